The number of benzene rings is 1. The zero-order valence-corrected chi connectivity index (χ0v) is 9.56. The molecule has 0 aliphatic heterocycles. The van der Waals surface area contributed by atoms with E-state index >= 15 is 0 Å². The van der Waals surface area contributed by atoms with Crippen LogP contribution in [0.4, 0.5) is 10.1 Å². The Morgan fingerprint density at radius 1 is 1.28 bits per heavy atom. The average molecular weight is 245 g/mol. The molecule has 1 aromatic heterocycles. The van der Waals surface area contributed by atoms with Gasteiger partial charge in [0.2, 0.25) is 0 Å². The maximum atomic E-state index is 13.3. The van der Waals surface area contributed by atoms with Gasteiger partial charge in [0.15, 0.2) is 5.82 Å². The van der Waals surface area contributed by atoms with Crippen molar-refractivity contribution in [2.45, 2.75) is 6.54 Å². The summed E-state index contributed by atoms with van der Waals surface area (Å²) in [6, 6.07) is 8.44. The maximum absolute atomic E-state index is 13.3. The molecular weight excluding hydrogens is 233 g/mol. The third-order valence-corrected chi connectivity index (χ3v) is 2.45. The first-order valence-electron chi connectivity index (χ1n) is 5.39. The molecule has 2 aromatic rings. The number of amides is 1. The van der Waals surface area contributed by atoms with Crippen LogP contribution in [0.3, 0.4) is 0 Å². The van der Waals surface area contributed by atoms with Gasteiger partial charge in [-0.2, -0.15) is 0 Å². The molecule has 0 fully saturated rings. The van der Waals surface area contributed by atoms with Gasteiger partial charge in [-0.05, 0) is 23.8 Å². The Balaban J connectivity index is 2.01. The van der Waals surface area contributed by atoms with Crippen molar-refractivity contribution in [3.63, 3.8) is 0 Å². The zero-order chi connectivity index (χ0) is 13.0. The second-order valence-corrected chi connectivity index (χ2v) is 3.78. The lowest BCUT2D eigenvalue weighted by molar-refractivity contribution is 0.0946. The molecule has 4 nitrogen and oxygen atoms in total. The summed E-state index contributed by atoms with van der Waals surface area (Å²) in [5, 5.41) is 2.63. The zero-order valence-electron chi connectivity index (χ0n) is 9.56. The van der Waals surface area contributed by atoms with E-state index in [-0.39, 0.29) is 5.56 Å². The average Bonchev–Trinajstić information content (AvgIpc) is 2.38. The van der Waals surface area contributed by atoms with Gasteiger partial charge in [0.25, 0.3) is 5.91 Å². The SMILES string of the molecule is Nc1ccc(CNC(=O)c2ccncc2F)cc1. The number of rotatable bonds is 3. The molecule has 2 rings (SSSR count). The van der Waals surface area contributed by atoms with Crippen molar-refractivity contribution in [1.82, 2.24) is 10.3 Å². The van der Waals surface area contributed by atoms with E-state index in [0.29, 0.717) is 12.2 Å². The number of halogens is 1. The van der Waals surface area contributed by atoms with Crippen LogP contribution in [-0.2, 0) is 6.54 Å². The van der Waals surface area contributed by atoms with Crippen molar-refractivity contribution in [2.24, 2.45) is 0 Å². The minimum Gasteiger partial charge on any atom is -0.399 e. The van der Waals surface area contributed by atoms with Crippen molar-refractivity contribution in [3.05, 3.63) is 59.7 Å². The Hall–Kier alpha value is -2.43. The normalized spacial score (nSPS) is 10.1. The first-order chi connectivity index (χ1) is 8.66. The van der Waals surface area contributed by atoms with E-state index in [4.69, 9.17) is 5.73 Å². The molecule has 1 heterocycles. The Morgan fingerprint density at radius 3 is 2.67 bits per heavy atom. The maximum Gasteiger partial charge on any atom is 0.254 e. The summed E-state index contributed by atoms with van der Waals surface area (Å²) in [6.07, 6.45) is 2.39. The van der Waals surface area contributed by atoms with Crippen LogP contribution in [-0.4, -0.2) is 10.9 Å². The summed E-state index contributed by atoms with van der Waals surface area (Å²) in [7, 11) is 0. The van der Waals surface area contributed by atoms with Crippen LogP contribution in [0.25, 0.3) is 0 Å². The molecule has 18 heavy (non-hydrogen) atoms. The fraction of sp³-hybridized carbons (Fsp3) is 0.0769. The number of nitrogens with two attached hydrogens (primary N) is 1. The van der Waals surface area contributed by atoms with E-state index in [1.54, 1.807) is 24.3 Å². The van der Waals surface area contributed by atoms with Crippen LogP contribution in [0, 0.1) is 5.82 Å². The molecule has 0 saturated carbocycles. The number of nitrogens with one attached hydrogen (secondary N) is 1. The van der Waals surface area contributed by atoms with E-state index in [0.717, 1.165) is 11.8 Å². The van der Waals surface area contributed by atoms with Crippen LogP contribution >= 0.6 is 0 Å². The van der Waals surface area contributed by atoms with Crippen LogP contribution < -0.4 is 11.1 Å². The number of hydrogen-bond acceptors (Lipinski definition) is 3. The molecule has 0 aliphatic carbocycles. The van der Waals surface area contributed by atoms with Gasteiger partial charge in [0.05, 0.1) is 11.8 Å². The van der Waals surface area contributed by atoms with Gasteiger partial charge in [-0.15, -0.1) is 0 Å². The van der Waals surface area contributed by atoms with Gasteiger partial charge >= 0.3 is 0 Å². The molecule has 0 spiro atoms. The fourth-order valence-electron chi connectivity index (χ4n) is 1.47. The van der Waals surface area contributed by atoms with Crippen LogP contribution in [0.1, 0.15) is 15.9 Å². The molecule has 3 N–H and O–H groups in total. The smallest absolute Gasteiger partial charge is 0.254 e. The number of nitrogens with zero attached hydrogens (tertiary/aromatic N) is 1. The molecule has 1 aromatic carbocycles. The van der Waals surface area contributed by atoms with Gasteiger partial charge in [-0.1, -0.05) is 12.1 Å². The summed E-state index contributed by atoms with van der Waals surface area (Å²) >= 11 is 0. The second-order valence-electron chi connectivity index (χ2n) is 3.78. The monoisotopic (exact) mass is 245 g/mol. The minimum atomic E-state index is -0.632. The standard InChI is InChI=1S/C13H12FN3O/c14-12-8-16-6-5-11(12)13(18)17-7-9-1-3-10(15)4-2-9/h1-6,8H,7,15H2,(H,17,18). The van der Waals surface area contributed by atoms with E-state index in [1.807, 2.05) is 0 Å². The van der Waals surface area contributed by atoms with Crippen molar-refractivity contribution in [2.75, 3.05) is 5.73 Å². The summed E-state index contributed by atoms with van der Waals surface area (Å²) in [5.74, 6) is -1.10. The van der Waals surface area contributed by atoms with Crippen molar-refractivity contribution in [1.29, 1.82) is 0 Å². The number of aromatic nitrogens is 1. The summed E-state index contributed by atoms with van der Waals surface area (Å²) in [6.45, 7) is 0.320. The highest BCUT2D eigenvalue weighted by atomic mass is 19.1. The number of carbonyl (C=O) groups is 1. The van der Waals surface area contributed by atoms with E-state index < -0.39 is 11.7 Å². The summed E-state index contributed by atoms with van der Waals surface area (Å²) < 4.78 is 13.3. The molecule has 0 bridgehead atoms. The highest BCUT2D eigenvalue weighted by molar-refractivity contribution is 5.94. The highest BCUT2D eigenvalue weighted by Gasteiger charge is 2.10. The first kappa shape index (κ1) is 12.0. The number of pyridine rings is 1. The van der Waals surface area contributed by atoms with E-state index in [2.05, 4.69) is 10.3 Å². The molecule has 0 saturated heterocycles. The Morgan fingerprint density at radius 2 is 2.00 bits per heavy atom. The van der Waals surface area contributed by atoms with E-state index in [1.165, 1.54) is 12.3 Å². The van der Waals surface area contributed by atoms with E-state index in [9.17, 15) is 9.18 Å². The van der Waals surface area contributed by atoms with Crippen LogP contribution in [0.15, 0.2) is 42.7 Å². The first-order valence-corrected chi connectivity index (χ1v) is 5.39. The lowest BCUT2D eigenvalue weighted by Gasteiger charge is -2.06. The third-order valence-electron chi connectivity index (χ3n) is 2.45. The topological polar surface area (TPSA) is 68.0 Å². The summed E-state index contributed by atoms with van der Waals surface area (Å²) in [4.78, 5) is 15.3. The van der Waals surface area contributed by atoms with Gasteiger partial charge in [0, 0.05) is 18.4 Å². The Labute approximate surface area is 104 Å². The van der Waals surface area contributed by atoms with Gasteiger partial charge in [-0.25, -0.2) is 4.39 Å². The minimum absolute atomic E-state index is 0.0135. The molecule has 0 aliphatic rings. The highest BCUT2D eigenvalue weighted by Crippen LogP contribution is 2.07. The van der Waals surface area contributed by atoms with Crippen LogP contribution in [0.5, 0.6) is 0 Å². The molecule has 92 valence electrons. The Kier molecular flexibility index (Phi) is 3.52. The lowest BCUT2D eigenvalue weighted by Crippen LogP contribution is -2.23. The Bertz CT molecular complexity index is 554. The fourth-order valence-corrected chi connectivity index (χ4v) is 1.47. The molecule has 0 radical (unpaired) electrons. The second kappa shape index (κ2) is 5.27. The molecule has 5 heteroatoms. The van der Waals surface area contributed by atoms with Gasteiger partial charge in [0.1, 0.15) is 0 Å². The number of hydrogen-bond donors (Lipinski definition) is 2. The third kappa shape index (κ3) is 2.82. The molecular formula is C13H12FN3O. The predicted molar refractivity (Wildman–Crippen MR) is 66.2 cm³/mol. The number of carbonyl (C=O) groups excluding carboxylic acids is 1. The van der Waals surface area contributed by atoms with Gasteiger partial charge < -0.3 is 11.1 Å². The van der Waals surface area contributed by atoms with Crippen LogP contribution in [0.2, 0.25) is 0 Å². The van der Waals surface area contributed by atoms with Gasteiger partial charge in [-0.3, -0.25) is 9.78 Å². The number of anilines is 1. The quantitative estimate of drug-likeness (QED) is 0.809. The molecule has 0 atom stereocenters. The predicted octanol–water partition coefficient (Wildman–Crippen LogP) is 1.73. The molecule has 0 unspecified atom stereocenters. The van der Waals surface area contributed by atoms with Crippen molar-refractivity contribution in [3.8, 4) is 0 Å². The largest absolute Gasteiger partial charge is 0.399 e. The number of nitrogen functional groups attached to an aromatic ring is 1. The van der Waals surface area contributed by atoms with Crippen molar-refractivity contribution < 1.29 is 9.18 Å². The molecule has 1 amide bonds. The van der Waals surface area contributed by atoms with Crippen molar-refractivity contribution >= 4 is 11.6 Å². The summed E-state index contributed by atoms with van der Waals surface area (Å²) in [5.41, 5.74) is 7.09. The lowest BCUT2D eigenvalue weighted by atomic mass is 10.2.